The maximum atomic E-state index is 5.54. The van der Waals surface area contributed by atoms with E-state index in [0.717, 1.165) is 24.4 Å². The summed E-state index contributed by atoms with van der Waals surface area (Å²) in [6.45, 7) is 1.28. The van der Waals surface area contributed by atoms with Crippen LogP contribution in [0, 0.1) is 17.8 Å². The average molecular weight is 260 g/mol. The molecule has 2 aliphatic carbocycles. The zero-order chi connectivity index (χ0) is 12.3. The molecule has 0 radical (unpaired) electrons. The lowest BCUT2D eigenvalue weighted by atomic mass is 9.89. The van der Waals surface area contributed by atoms with Crippen LogP contribution in [-0.4, -0.2) is 44.0 Å². The van der Waals surface area contributed by atoms with E-state index in [0.29, 0.717) is 12.3 Å². The molecule has 0 heterocycles. The summed E-state index contributed by atoms with van der Waals surface area (Å²) < 4.78 is 21.5. The quantitative estimate of drug-likeness (QED) is 0.395. The summed E-state index contributed by atoms with van der Waals surface area (Å²) in [5.41, 5.74) is 0.716. The fourth-order valence-corrected chi connectivity index (χ4v) is 5.93. The van der Waals surface area contributed by atoms with Crippen LogP contribution in [0.5, 0.6) is 0 Å². The Morgan fingerprint density at radius 1 is 1.00 bits per heavy atom. The Balaban J connectivity index is 1.79. The second-order valence-electron chi connectivity index (χ2n) is 5.27. The summed E-state index contributed by atoms with van der Waals surface area (Å²) in [7, 11) is 3.85. The maximum Gasteiger partial charge on any atom is 0.324 e. The minimum Gasteiger partial charge on any atom is -0.400 e. The van der Waals surface area contributed by atoms with Crippen LogP contribution >= 0.6 is 0 Å². The number of rotatable bonds is 7. The Morgan fingerprint density at radius 3 is 2.29 bits per heavy atom. The van der Waals surface area contributed by atoms with Crippen molar-refractivity contribution in [2.24, 2.45) is 17.8 Å². The molecule has 0 aromatic carbocycles. The molecule has 2 aliphatic rings. The van der Waals surface area contributed by atoms with Crippen LogP contribution in [0.1, 0.15) is 19.3 Å². The first-order chi connectivity index (χ1) is 8.30. The van der Waals surface area contributed by atoms with Crippen molar-refractivity contribution < 1.29 is 18.3 Å². The van der Waals surface area contributed by atoms with Crippen LogP contribution in [0.4, 0.5) is 0 Å². The van der Waals surface area contributed by atoms with E-state index >= 15 is 0 Å². The zero-order valence-corrected chi connectivity index (χ0v) is 12.2. The molecular weight excluding hydrogens is 236 g/mol. The number of hydrogen-bond acceptors (Lipinski definition) is 4. The summed E-state index contributed by atoms with van der Waals surface area (Å²) in [5, 5.41) is 0. The topological polar surface area (TPSA) is 36.9 Å². The van der Waals surface area contributed by atoms with Gasteiger partial charge < -0.3 is 18.3 Å². The van der Waals surface area contributed by atoms with Crippen LogP contribution in [-0.2, 0) is 18.3 Å². The van der Waals surface area contributed by atoms with Gasteiger partial charge in [0, 0.05) is 26.9 Å². The van der Waals surface area contributed by atoms with Gasteiger partial charge in [-0.05, 0) is 37.0 Å². The molecule has 5 heteroatoms. The molecule has 0 aromatic heterocycles. The molecule has 4 nitrogen and oxygen atoms in total. The highest BCUT2D eigenvalue weighted by atomic mass is 28.3. The average Bonchev–Trinajstić information content (AvgIpc) is 2.91. The van der Waals surface area contributed by atoms with Crippen LogP contribution in [0.3, 0.4) is 0 Å². The van der Waals surface area contributed by atoms with Crippen molar-refractivity contribution in [1.29, 1.82) is 0 Å². The Morgan fingerprint density at radius 2 is 1.76 bits per heavy atom. The Bertz CT molecular complexity index is 235. The summed E-state index contributed by atoms with van der Waals surface area (Å²) in [4.78, 5) is 0. The molecule has 2 fully saturated rings. The van der Waals surface area contributed by atoms with Gasteiger partial charge in [0.05, 0.1) is 6.61 Å². The van der Waals surface area contributed by atoms with Crippen LogP contribution in [0.2, 0.25) is 5.54 Å². The highest BCUT2D eigenvalue weighted by Crippen LogP contribution is 2.55. The van der Waals surface area contributed by atoms with E-state index in [2.05, 4.69) is 0 Å². The van der Waals surface area contributed by atoms with Gasteiger partial charge in [0.2, 0.25) is 0 Å². The first kappa shape index (κ1) is 13.5. The molecule has 0 N–H and O–H groups in total. The Kier molecular flexibility index (Phi) is 4.99. The lowest BCUT2D eigenvalue weighted by Crippen LogP contribution is -2.32. The molecule has 0 amide bonds. The lowest BCUT2D eigenvalue weighted by molar-refractivity contribution is -0.0495. The van der Waals surface area contributed by atoms with E-state index in [9.17, 15) is 0 Å². The van der Waals surface area contributed by atoms with Crippen molar-refractivity contribution in [2.75, 3.05) is 34.7 Å². The molecule has 4 atom stereocenters. The highest BCUT2D eigenvalue weighted by molar-refractivity contribution is 6.46. The fourth-order valence-electron chi connectivity index (χ4n) is 3.71. The molecule has 100 valence electrons. The predicted octanol–water partition coefficient (Wildman–Crippen LogP) is 1.54. The van der Waals surface area contributed by atoms with Crippen molar-refractivity contribution in [1.82, 2.24) is 0 Å². The number of ether oxygens (including phenoxy) is 2. The standard InChI is InChI=1S/C12H24O4Si/c1-13-8-16-7-11-5-10-4-9(11)6-12(10)17(14-2)15-3/h9-12,17H,4-8H2,1-3H3. The highest BCUT2D eigenvalue weighted by Gasteiger charge is 2.49. The van der Waals surface area contributed by atoms with Gasteiger partial charge in [-0.3, -0.25) is 0 Å². The van der Waals surface area contributed by atoms with E-state index in [1.54, 1.807) is 21.3 Å². The third kappa shape index (κ3) is 2.90. The van der Waals surface area contributed by atoms with Crippen molar-refractivity contribution in [2.45, 2.75) is 24.8 Å². The van der Waals surface area contributed by atoms with Gasteiger partial charge in [-0.1, -0.05) is 0 Å². The molecule has 17 heavy (non-hydrogen) atoms. The van der Waals surface area contributed by atoms with Gasteiger partial charge in [0.1, 0.15) is 6.79 Å². The third-order valence-electron chi connectivity index (χ3n) is 4.41. The van der Waals surface area contributed by atoms with Crippen molar-refractivity contribution >= 4 is 9.28 Å². The number of fused-ring (bicyclic) bond motifs is 2. The SMILES string of the molecule is COCOCC1CC2CC1CC2[SiH](OC)OC. The van der Waals surface area contributed by atoms with Gasteiger partial charge in [-0.15, -0.1) is 0 Å². The molecule has 2 bridgehead atoms. The number of methoxy groups -OCH3 is 1. The fraction of sp³-hybridized carbons (Fsp3) is 1.00. The molecule has 0 spiro atoms. The monoisotopic (exact) mass is 260 g/mol. The molecular formula is C12H24O4Si. The minimum absolute atomic E-state index is 0.421. The minimum atomic E-state index is -1.42. The third-order valence-corrected chi connectivity index (χ3v) is 6.85. The molecule has 2 saturated carbocycles. The number of hydrogen-bond donors (Lipinski definition) is 0. The molecule has 2 rings (SSSR count). The predicted molar refractivity (Wildman–Crippen MR) is 67.1 cm³/mol. The first-order valence-electron chi connectivity index (χ1n) is 6.42. The molecule has 0 aliphatic heterocycles. The first-order valence-corrected chi connectivity index (χ1v) is 8.03. The van der Waals surface area contributed by atoms with Crippen molar-refractivity contribution in [3.05, 3.63) is 0 Å². The van der Waals surface area contributed by atoms with Gasteiger partial charge in [0.15, 0.2) is 0 Å². The second-order valence-corrected chi connectivity index (χ2v) is 7.80. The van der Waals surface area contributed by atoms with E-state index in [-0.39, 0.29) is 0 Å². The van der Waals surface area contributed by atoms with Crippen molar-refractivity contribution in [3.63, 3.8) is 0 Å². The molecule has 0 aromatic rings. The van der Waals surface area contributed by atoms with Gasteiger partial charge in [-0.2, -0.15) is 0 Å². The normalized spacial score (nSPS) is 36.0. The Labute approximate surface area is 105 Å². The van der Waals surface area contributed by atoms with Crippen LogP contribution in [0.25, 0.3) is 0 Å². The van der Waals surface area contributed by atoms with Crippen molar-refractivity contribution in [3.8, 4) is 0 Å². The van der Waals surface area contributed by atoms with Gasteiger partial charge >= 0.3 is 9.28 Å². The summed E-state index contributed by atoms with van der Waals surface area (Å²) in [5.74, 6) is 2.37. The summed E-state index contributed by atoms with van der Waals surface area (Å²) in [6.07, 6.45) is 3.92. The van der Waals surface area contributed by atoms with Crippen LogP contribution in [0.15, 0.2) is 0 Å². The maximum absolute atomic E-state index is 5.54. The van der Waals surface area contributed by atoms with Crippen LogP contribution < -0.4 is 0 Å². The van der Waals surface area contributed by atoms with E-state index in [1.807, 2.05) is 0 Å². The molecule has 0 saturated heterocycles. The molecule has 4 unspecified atom stereocenters. The van der Waals surface area contributed by atoms with E-state index in [1.165, 1.54) is 19.3 Å². The van der Waals surface area contributed by atoms with E-state index < -0.39 is 9.28 Å². The summed E-state index contributed by atoms with van der Waals surface area (Å²) >= 11 is 0. The second kappa shape index (κ2) is 6.29. The van der Waals surface area contributed by atoms with E-state index in [4.69, 9.17) is 18.3 Å². The summed E-state index contributed by atoms with van der Waals surface area (Å²) in [6, 6.07) is 0. The largest absolute Gasteiger partial charge is 0.400 e. The van der Waals surface area contributed by atoms with Gasteiger partial charge in [0.25, 0.3) is 0 Å². The zero-order valence-electron chi connectivity index (χ0n) is 11.1. The Hall–Kier alpha value is 0.0569. The lowest BCUT2D eigenvalue weighted by Gasteiger charge is -2.30. The van der Waals surface area contributed by atoms with Gasteiger partial charge in [-0.25, -0.2) is 0 Å². The smallest absolute Gasteiger partial charge is 0.324 e.